The SMILES string of the molecule is CC1CCNCC1NS(=O)(=O)c1ccc(S(C)(=O)=O)c(F)c1.Cl. The molecule has 2 unspecified atom stereocenters. The van der Waals surface area contributed by atoms with Gasteiger partial charge in [0.05, 0.1) is 4.90 Å². The molecule has 0 radical (unpaired) electrons. The van der Waals surface area contributed by atoms with E-state index >= 15 is 0 Å². The molecular formula is C13H20ClFN2O4S2. The molecule has 0 bridgehead atoms. The molecule has 2 rings (SSSR count). The number of sulfone groups is 1. The minimum atomic E-state index is -3.90. The summed E-state index contributed by atoms with van der Waals surface area (Å²) in [4.78, 5) is -0.797. The molecule has 1 aromatic rings. The van der Waals surface area contributed by atoms with E-state index in [0.717, 1.165) is 37.4 Å². The van der Waals surface area contributed by atoms with Gasteiger partial charge in [0.25, 0.3) is 0 Å². The Labute approximate surface area is 142 Å². The van der Waals surface area contributed by atoms with Gasteiger partial charge in [-0.2, -0.15) is 0 Å². The van der Waals surface area contributed by atoms with E-state index in [1.165, 1.54) is 0 Å². The Bertz CT molecular complexity index is 768. The Hall–Kier alpha value is -0.740. The van der Waals surface area contributed by atoms with Gasteiger partial charge in [-0.15, -0.1) is 12.4 Å². The lowest BCUT2D eigenvalue weighted by molar-refractivity contribution is 0.327. The molecule has 0 amide bonds. The molecule has 132 valence electrons. The van der Waals surface area contributed by atoms with Crippen LogP contribution in [0.5, 0.6) is 0 Å². The number of nitrogens with one attached hydrogen (secondary N) is 2. The van der Waals surface area contributed by atoms with Crippen LogP contribution in [0.25, 0.3) is 0 Å². The van der Waals surface area contributed by atoms with Crippen LogP contribution in [0.1, 0.15) is 13.3 Å². The third-order valence-electron chi connectivity index (χ3n) is 3.75. The third-order valence-corrected chi connectivity index (χ3v) is 6.36. The monoisotopic (exact) mass is 386 g/mol. The summed E-state index contributed by atoms with van der Waals surface area (Å²) < 4.78 is 63.7. The molecule has 23 heavy (non-hydrogen) atoms. The molecule has 0 aliphatic carbocycles. The van der Waals surface area contributed by atoms with E-state index < -0.39 is 30.6 Å². The van der Waals surface area contributed by atoms with Crippen molar-refractivity contribution in [1.29, 1.82) is 0 Å². The first kappa shape index (κ1) is 20.3. The van der Waals surface area contributed by atoms with Crippen molar-refractivity contribution in [3.63, 3.8) is 0 Å². The molecule has 1 aliphatic heterocycles. The zero-order chi connectivity index (χ0) is 16.5. The average molecular weight is 387 g/mol. The maximum absolute atomic E-state index is 13.8. The van der Waals surface area contributed by atoms with Crippen molar-refractivity contribution in [3.05, 3.63) is 24.0 Å². The summed E-state index contributed by atoms with van der Waals surface area (Å²) in [7, 11) is -7.63. The van der Waals surface area contributed by atoms with Crippen LogP contribution in [0, 0.1) is 11.7 Å². The first-order valence-corrected chi connectivity index (χ1v) is 10.2. The Morgan fingerprint density at radius 1 is 1.26 bits per heavy atom. The fourth-order valence-corrected chi connectivity index (χ4v) is 4.45. The maximum atomic E-state index is 13.8. The quantitative estimate of drug-likeness (QED) is 0.803. The number of piperidine rings is 1. The zero-order valence-electron chi connectivity index (χ0n) is 12.7. The minimum absolute atomic E-state index is 0. The highest BCUT2D eigenvalue weighted by atomic mass is 35.5. The first-order valence-electron chi connectivity index (χ1n) is 6.84. The van der Waals surface area contributed by atoms with Gasteiger partial charge in [0.2, 0.25) is 10.0 Å². The summed E-state index contributed by atoms with van der Waals surface area (Å²) in [6, 6.07) is 2.53. The van der Waals surface area contributed by atoms with E-state index in [2.05, 4.69) is 10.0 Å². The van der Waals surface area contributed by atoms with Crippen molar-refractivity contribution in [2.45, 2.75) is 29.2 Å². The van der Waals surface area contributed by atoms with Crippen molar-refractivity contribution in [3.8, 4) is 0 Å². The summed E-state index contributed by atoms with van der Waals surface area (Å²) in [6.07, 6.45) is 1.71. The fraction of sp³-hybridized carbons (Fsp3) is 0.538. The predicted molar refractivity (Wildman–Crippen MR) is 87.5 cm³/mol. The molecule has 2 N–H and O–H groups in total. The summed E-state index contributed by atoms with van der Waals surface area (Å²) >= 11 is 0. The van der Waals surface area contributed by atoms with E-state index in [-0.39, 0.29) is 29.3 Å². The molecule has 6 nitrogen and oxygen atoms in total. The van der Waals surface area contributed by atoms with Gasteiger partial charge in [0.15, 0.2) is 9.84 Å². The lowest BCUT2D eigenvalue weighted by Gasteiger charge is -2.30. The van der Waals surface area contributed by atoms with Gasteiger partial charge in [-0.1, -0.05) is 6.92 Å². The standard InChI is InChI=1S/C13H19FN2O4S2.ClH/c1-9-5-6-15-8-12(9)16-22(19,20)10-3-4-13(11(14)7-10)21(2,17)18;/h3-4,7,9,12,15-16H,5-6,8H2,1-2H3;1H. The van der Waals surface area contributed by atoms with Gasteiger partial charge >= 0.3 is 0 Å². The summed E-state index contributed by atoms with van der Waals surface area (Å²) in [6.45, 7) is 3.28. The molecule has 1 saturated heterocycles. The number of benzene rings is 1. The topological polar surface area (TPSA) is 92.3 Å². The smallest absolute Gasteiger partial charge is 0.240 e. The summed E-state index contributed by atoms with van der Waals surface area (Å²) in [5.41, 5.74) is 0. The number of rotatable bonds is 4. The van der Waals surface area contributed by atoms with E-state index in [9.17, 15) is 21.2 Å². The second-order valence-electron chi connectivity index (χ2n) is 5.56. The number of sulfonamides is 1. The second-order valence-corrected chi connectivity index (χ2v) is 9.26. The maximum Gasteiger partial charge on any atom is 0.240 e. The normalized spacial score (nSPS) is 22.4. The highest BCUT2D eigenvalue weighted by Gasteiger charge is 2.27. The van der Waals surface area contributed by atoms with Gasteiger partial charge in [0, 0.05) is 18.8 Å². The largest absolute Gasteiger partial charge is 0.315 e. The first-order chi connectivity index (χ1) is 10.1. The molecule has 1 heterocycles. The lowest BCUT2D eigenvalue weighted by atomic mass is 9.96. The summed E-state index contributed by atoms with van der Waals surface area (Å²) in [5.74, 6) is -0.906. The van der Waals surface area contributed by atoms with Crippen LogP contribution in [0.15, 0.2) is 28.0 Å². The van der Waals surface area contributed by atoms with Gasteiger partial charge in [0.1, 0.15) is 10.7 Å². The van der Waals surface area contributed by atoms with Crippen LogP contribution in [-0.2, 0) is 19.9 Å². The van der Waals surface area contributed by atoms with E-state index in [1.54, 1.807) is 0 Å². The van der Waals surface area contributed by atoms with E-state index in [1.807, 2.05) is 6.92 Å². The van der Waals surface area contributed by atoms with Crippen LogP contribution in [0.3, 0.4) is 0 Å². The summed E-state index contributed by atoms with van der Waals surface area (Å²) in [5, 5.41) is 3.10. The number of hydrogen-bond acceptors (Lipinski definition) is 5. The molecule has 1 aliphatic rings. The predicted octanol–water partition coefficient (Wildman–Crippen LogP) is 0.927. The van der Waals surface area contributed by atoms with Crippen LogP contribution in [0.2, 0.25) is 0 Å². The van der Waals surface area contributed by atoms with Gasteiger partial charge in [-0.25, -0.2) is 25.9 Å². The van der Waals surface area contributed by atoms with Crippen molar-refractivity contribution in [1.82, 2.24) is 10.0 Å². The van der Waals surface area contributed by atoms with Crippen LogP contribution in [0.4, 0.5) is 4.39 Å². The molecule has 2 atom stereocenters. The van der Waals surface area contributed by atoms with E-state index in [0.29, 0.717) is 6.54 Å². The van der Waals surface area contributed by atoms with Crippen LogP contribution in [-0.4, -0.2) is 42.2 Å². The van der Waals surface area contributed by atoms with Crippen molar-refractivity contribution < 1.29 is 21.2 Å². The molecule has 0 spiro atoms. The molecule has 10 heteroatoms. The number of halogens is 2. The Morgan fingerprint density at radius 3 is 2.43 bits per heavy atom. The minimum Gasteiger partial charge on any atom is -0.315 e. The van der Waals surface area contributed by atoms with Gasteiger partial charge < -0.3 is 5.32 Å². The fourth-order valence-electron chi connectivity index (χ4n) is 2.36. The second kappa shape index (κ2) is 7.43. The molecular weight excluding hydrogens is 367 g/mol. The Balaban J connectivity index is 0.00000264. The molecule has 1 aromatic carbocycles. The molecule has 1 fully saturated rings. The lowest BCUT2D eigenvalue weighted by Crippen LogP contribution is -2.50. The van der Waals surface area contributed by atoms with Gasteiger partial charge in [-0.3, -0.25) is 0 Å². The zero-order valence-corrected chi connectivity index (χ0v) is 15.2. The molecule has 0 aromatic heterocycles. The van der Waals surface area contributed by atoms with Crippen molar-refractivity contribution in [2.75, 3.05) is 19.3 Å². The van der Waals surface area contributed by atoms with Crippen LogP contribution >= 0.6 is 12.4 Å². The average Bonchev–Trinajstić information content (AvgIpc) is 2.39. The molecule has 0 saturated carbocycles. The van der Waals surface area contributed by atoms with Gasteiger partial charge in [-0.05, 0) is 37.1 Å². The highest BCUT2D eigenvalue weighted by molar-refractivity contribution is 7.90. The third kappa shape index (κ3) is 4.87. The Morgan fingerprint density at radius 2 is 1.91 bits per heavy atom. The highest BCUT2D eigenvalue weighted by Crippen LogP contribution is 2.20. The van der Waals surface area contributed by atoms with Crippen LogP contribution < -0.4 is 10.0 Å². The van der Waals surface area contributed by atoms with E-state index in [4.69, 9.17) is 0 Å². The van der Waals surface area contributed by atoms with Crippen molar-refractivity contribution >= 4 is 32.3 Å². The van der Waals surface area contributed by atoms with Crippen molar-refractivity contribution in [2.24, 2.45) is 5.92 Å². The Kier molecular flexibility index (Phi) is 6.56. The number of hydrogen-bond donors (Lipinski definition) is 2.